The Hall–Kier alpha value is -0.930. The molecular formula is C39H74N2O10. The molecule has 3 aliphatic heterocycles. The average Bonchev–Trinajstić information content (AvgIpc) is 3.02. The van der Waals surface area contributed by atoms with E-state index in [1.54, 1.807) is 20.8 Å². The van der Waals surface area contributed by atoms with Crippen molar-refractivity contribution in [3.8, 4) is 0 Å². The summed E-state index contributed by atoms with van der Waals surface area (Å²) in [5, 5.41) is 46.7. The Kier molecular flexibility index (Phi) is 15.0. The monoisotopic (exact) mass is 731 g/mol. The Morgan fingerprint density at radius 3 is 2.06 bits per heavy atom. The van der Waals surface area contributed by atoms with Crippen LogP contribution in [-0.4, -0.2) is 142 Å². The second kappa shape index (κ2) is 17.3. The van der Waals surface area contributed by atoms with Gasteiger partial charge in [-0.3, -0.25) is 4.79 Å². The molecule has 3 fully saturated rings. The van der Waals surface area contributed by atoms with Crippen LogP contribution in [0.2, 0.25) is 0 Å². The maximum absolute atomic E-state index is 14.2. The molecule has 12 nitrogen and oxygen atoms in total. The molecule has 0 amide bonds. The number of esters is 1. The predicted octanol–water partition coefficient (Wildman–Crippen LogP) is 3.80. The summed E-state index contributed by atoms with van der Waals surface area (Å²) in [5.41, 5.74) is -3.70. The van der Waals surface area contributed by atoms with Crippen molar-refractivity contribution in [1.82, 2.24) is 9.80 Å². The third kappa shape index (κ3) is 10.2. The maximum Gasteiger partial charge on any atom is 0.311 e. The van der Waals surface area contributed by atoms with Gasteiger partial charge in [0.05, 0.1) is 42.0 Å². The molecule has 4 N–H and O–H groups in total. The minimum Gasteiger partial charge on any atom is -0.459 e. The number of carbonyl (C=O) groups excluding carboxylic acids is 1. The van der Waals surface area contributed by atoms with Gasteiger partial charge in [0.15, 0.2) is 12.6 Å². The van der Waals surface area contributed by atoms with Crippen molar-refractivity contribution in [3.63, 3.8) is 0 Å². The number of cyclic esters (lactones) is 1. The number of hydrogen-bond donors (Lipinski definition) is 4. The van der Waals surface area contributed by atoms with E-state index in [1.165, 1.54) is 6.92 Å². The molecule has 3 rings (SSSR count). The fraction of sp³-hybridized carbons (Fsp3) is 0.974. The lowest BCUT2D eigenvalue weighted by atomic mass is 9.77. The van der Waals surface area contributed by atoms with Gasteiger partial charge in [0, 0.05) is 36.9 Å². The van der Waals surface area contributed by atoms with Crippen molar-refractivity contribution in [2.24, 2.45) is 29.1 Å². The smallest absolute Gasteiger partial charge is 0.311 e. The molecule has 3 aliphatic rings. The van der Waals surface area contributed by atoms with Crippen LogP contribution in [0.3, 0.4) is 0 Å². The van der Waals surface area contributed by atoms with Gasteiger partial charge in [0.25, 0.3) is 0 Å². The van der Waals surface area contributed by atoms with Gasteiger partial charge in [-0.1, -0.05) is 41.5 Å². The molecule has 0 saturated carbocycles. The number of aliphatic hydroxyl groups is 4. The van der Waals surface area contributed by atoms with Crippen LogP contribution in [0.25, 0.3) is 0 Å². The molecule has 0 aromatic heterocycles. The van der Waals surface area contributed by atoms with Crippen LogP contribution in [-0.2, 0) is 28.5 Å². The summed E-state index contributed by atoms with van der Waals surface area (Å²) < 4.78 is 32.5. The molecule has 0 aromatic carbocycles. The topological polar surface area (TPSA) is 151 Å². The molecular weight excluding hydrogens is 656 g/mol. The molecule has 0 aliphatic carbocycles. The quantitative estimate of drug-likeness (QED) is 0.295. The third-order valence-corrected chi connectivity index (χ3v) is 12.4. The summed E-state index contributed by atoms with van der Waals surface area (Å²) in [5.74, 6) is -2.20. The largest absolute Gasteiger partial charge is 0.459 e. The summed E-state index contributed by atoms with van der Waals surface area (Å²) in [6.45, 7) is 23.0. The van der Waals surface area contributed by atoms with Crippen molar-refractivity contribution in [1.29, 1.82) is 0 Å². The van der Waals surface area contributed by atoms with Crippen molar-refractivity contribution < 1.29 is 48.9 Å². The standard InChI is InChI=1S/C39H74N2O10/c1-16-29-39(12,46)32(42)26(7)41(15)20-21(2)18-38(11,45)34(51-36-23(4)28(40(13)14)17-22(3)47-36)24(5)31(25(6)35(44)49-29)50-30-19-37(9,10)33(43)27(8)48-30/h21-34,36,42-43,45-46H,16-20H2,1-15H3/t21-,22-,23-,24+,25-,26-,27+,28+,29-,30+,31?,32-,33+,34-,36?,38-,39-/m1/s1. The maximum atomic E-state index is 14.2. The molecule has 51 heavy (non-hydrogen) atoms. The summed E-state index contributed by atoms with van der Waals surface area (Å²) in [7, 11) is 5.99. The van der Waals surface area contributed by atoms with Gasteiger partial charge in [0.2, 0.25) is 0 Å². The van der Waals surface area contributed by atoms with E-state index < -0.39 is 89.7 Å². The van der Waals surface area contributed by atoms with Crippen molar-refractivity contribution in [3.05, 3.63) is 0 Å². The first kappa shape index (κ1) is 44.5. The van der Waals surface area contributed by atoms with Crippen LogP contribution in [0.1, 0.15) is 109 Å². The Balaban J connectivity index is 2.16. The van der Waals surface area contributed by atoms with Crippen molar-refractivity contribution in [2.45, 2.75) is 187 Å². The second-order valence-corrected chi connectivity index (χ2v) is 18.0. The van der Waals surface area contributed by atoms with Crippen LogP contribution in [0.15, 0.2) is 0 Å². The fourth-order valence-corrected chi connectivity index (χ4v) is 9.10. The number of carbonyl (C=O) groups is 1. The first-order valence-electron chi connectivity index (χ1n) is 19.3. The van der Waals surface area contributed by atoms with E-state index in [0.717, 1.165) is 6.42 Å². The zero-order valence-corrected chi connectivity index (χ0v) is 34.3. The van der Waals surface area contributed by atoms with E-state index in [4.69, 9.17) is 23.7 Å². The SMILES string of the molecule is CC[C@H]1OC(=O)[C@H](C)C(O[C@H]2CC(C)(C)[C@@H](O)[C@H](C)O2)[C@H](C)[C@@H](OC2O[C@H](C)C[C@H](N(C)C)[C@H]2C)[C@](C)(O)C[C@@H](C)CN(C)[C@H](C)[C@@H](O)[C@]1(C)O. The Morgan fingerprint density at radius 2 is 1.51 bits per heavy atom. The Bertz CT molecular complexity index is 1120. The van der Waals surface area contributed by atoms with Gasteiger partial charge < -0.3 is 53.9 Å². The highest BCUT2D eigenvalue weighted by Gasteiger charge is 2.51. The molecule has 17 atom stereocenters. The van der Waals surface area contributed by atoms with E-state index in [9.17, 15) is 25.2 Å². The number of ether oxygens (including phenoxy) is 5. The first-order valence-corrected chi connectivity index (χ1v) is 19.3. The van der Waals surface area contributed by atoms with E-state index in [0.29, 0.717) is 19.4 Å². The fourth-order valence-electron chi connectivity index (χ4n) is 9.10. The van der Waals surface area contributed by atoms with E-state index in [2.05, 4.69) is 32.8 Å². The summed E-state index contributed by atoms with van der Waals surface area (Å²) in [4.78, 5) is 18.4. The molecule has 300 valence electrons. The van der Waals surface area contributed by atoms with Crippen molar-refractivity contribution >= 4 is 5.97 Å². The molecule has 0 aromatic rings. The lowest BCUT2D eigenvalue weighted by molar-refractivity contribution is -0.304. The highest BCUT2D eigenvalue weighted by Crippen LogP contribution is 2.42. The molecule has 0 bridgehead atoms. The molecule has 0 spiro atoms. The zero-order chi connectivity index (χ0) is 39.0. The van der Waals surface area contributed by atoms with E-state index in [-0.39, 0.29) is 30.4 Å². The molecule has 0 radical (unpaired) electrons. The third-order valence-electron chi connectivity index (χ3n) is 12.4. The Labute approximate surface area is 308 Å². The number of rotatable bonds is 6. The summed E-state index contributed by atoms with van der Waals surface area (Å²) >= 11 is 0. The summed E-state index contributed by atoms with van der Waals surface area (Å²) in [6, 6.07) is -0.304. The second-order valence-electron chi connectivity index (χ2n) is 18.0. The van der Waals surface area contributed by atoms with Crippen LogP contribution in [0.4, 0.5) is 0 Å². The van der Waals surface area contributed by atoms with Crippen molar-refractivity contribution in [2.75, 3.05) is 27.7 Å². The van der Waals surface area contributed by atoms with Crippen LogP contribution in [0, 0.1) is 29.1 Å². The molecule has 3 saturated heterocycles. The minimum absolute atomic E-state index is 0.0270. The predicted molar refractivity (Wildman–Crippen MR) is 196 cm³/mol. The van der Waals surface area contributed by atoms with Crippen LogP contribution in [0.5, 0.6) is 0 Å². The highest BCUT2D eigenvalue weighted by molar-refractivity contribution is 5.73. The highest BCUT2D eigenvalue weighted by atomic mass is 16.7. The lowest BCUT2D eigenvalue weighted by Gasteiger charge is -2.49. The van der Waals surface area contributed by atoms with E-state index >= 15 is 0 Å². The number of aliphatic hydroxyl groups excluding tert-OH is 2. The number of hydrogen-bond acceptors (Lipinski definition) is 12. The molecule has 2 unspecified atom stereocenters. The van der Waals surface area contributed by atoms with Gasteiger partial charge in [-0.25, -0.2) is 0 Å². The number of nitrogens with zero attached hydrogens (tertiary/aromatic N) is 2. The van der Waals surface area contributed by atoms with Gasteiger partial charge in [-0.2, -0.15) is 0 Å². The Morgan fingerprint density at radius 1 is 0.902 bits per heavy atom. The normalized spacial score (nSPS) is 48.5. The van der Waals surface area contributed by atoms with Gasteiger partial charge >= 0.3 is 5.97 Å². The molecule has 12 heteroatoms. The molecule has 3 heterocycles. The lowest BCUT2D eigenvalue weighted by Crippen LogP contribution is -2.59. The van der Waals surface area contributed by atoms with Gasteiger partial charge in [0.1, 0.15) is 17.8 Å². The summed E-state index contributed by atoms with van der Waals surface area (Å²) in [6.07, 6.45) is -4.88. The van der Waals surface area contributed by atoms with Crippen LogP contribution >= 0.6 is 0 Å². The first-order chi connectivity index (χ1) is 23.3. The minimum atomic E-state index is -1.75. The van der Waals surface area contributed by atoms with Crippen LogP contribution < -0.4 is 0 Å². The van der Waals surface area contributed by atoms with E-state index in [1.807, 2.05) is 53.5 Å². The number of likely N-dealkylation sites (N-methyl/N-ethyl adjacent to an activating group) is 1. The van der Waals surface area contributed by atoms with Gasteiger partial charge in [-0.05, 0) is 93.3 Å². The average molecular weight is 731 g/mol. The van der Waals surface area contributed by atoms with Gasteiger partial charge in [-0.15, -0.1) is 0 Å². The zero-order valence-electron chi connectivity index (χ0n) is 34.3.